The van der Waals surface area contributed by atoms with Gasteiger partial charge in [-0.2, -0.15) is 5.26 Å². The Morgan fingerprint density at radius 3 is 2.46 bits per heavy atom. The van der Waals surface area contributed by atoms with E-state index in [1.54, 1.807) is 0 Å². The van der Waals surface area contributed by atoms with Crippen molar-refractivity contribution in [3.05, 3.63) is 136 Å². The number of ether oxygens (including phenoxy) is 2. The number of nitriles is 1. The molecule has 1 aromatic heterocycles. The third kappa shape index (κ3) is 4.83. The molecule has 0 aliphatic carbocycles. The van der Waals surface area contributed by atoms with Crippen LogP contribution in [-0.2, 0) is 0 Å². The molecule has 0 fully saturated rings. The van der Waals surface area contributed by atoms with Gasteiger partial charge >= 0.3 is 0 Å². The lowest BCUT2D eigenvalue weighted by atomic mass is 9.80. The summed E-state index contributed by atoms with van der Waals surface area (Å²) in [5.74, 6) is 2.20. The predicted octanol–water partition coefficient (Wildman–Crippen LogP) is 8.55. The first kappa shape index (κ1) is 24.7. The lowest BCUT2D eigenvalue weighted by Crippen LogP contribution is -2.16. The molecule has 4 nitrogen and oxygen atoms in total. The Bertz CT molecular complexity index is 1720. The Morgan fingerprint density at radius 2 is 1.72 bits per heavy atom. The monoisotopic (exact) mass is 526 g/mol. The summed E-state index contributed by atoms with van der Waals surface area (Å²) in [7, 11) is 0. The van der Waals surface area contributed by atoms with E-state index in [2.05, 4.69) is 43.3 Å². The minimum Gasteiger partial charge on any atom is -0.494 e. The first-order valence-corrected chi connectivity index (χ1v) is 13.7. The van der Waals surface area contributed by atoms with Crippen molar-refractivity contribution in [3.63, 3.8) is 0 Å². The summed E-state index contributed by atoms with van der Waals surface area (Å²) in [5, 5.41) is 11.0. The molecular formula is C34H26N2O2S. The second-order valence-corrected chi connectivity index (χ2v) is 10.4. The van der Waals surface area contributed by atoms with Crippen molar-refractivity contribution in [1.82, 2.24) is 4.98 Å². The smallest absolute Gasteiger partial charge is 0.138 e. The van der Waals surface area contributed by atoms with Gasteiger partial charge in [-0.05, 0) is 68.0 Å². The Kier molecular flexibility index (Phi) is 6.71. The predicted molar refractivity (Wildman–Crippen MR) is 158 cm³/mol. The zero-order chi connectivity index (χ0) is 26.8. The van der Waals surface area contributed by atoms with Crippen LogP contribution in [0.2, 0.25) is 0 Å². The maximum Gasteiger partial charge on any atom is 0.138 e. The fraction of sp³-hybridized carbons (Fsp3) is 0.118. The lowest BCUT2D eigenvalue weighted by Gasteiger charge is -2.30. The van der Waals surface area contributed by atoms with Gasteiger partial charge in [0.2, 0.25) is 0 Å². The molecule has 0 N–H and O–H groups in total. The van der Waals surface area contributed by atoms with Gasteiger partial charge in [-0.25, -0.2) is 4.98 Å². The summed E-state index contributed by atoms with van der Waals surface area (Å²) in [4.78, 5) is 4.78. The van der Waals surface area contributed by atoms with Gasteiger partial charge in [-0.3, -0.25) is 0 Å². The van der Waals surface area contributed by atoms with Crippen molar-refractivity contribution in [2.45, 2.75) is 19.8 Å². The molecule has 0 unspecified atom stereocenters. The third-order valence-electron chi connectivity index (χ3n) is 6.80. The lowest BCUT2D eigenvalue weighted by molar-refractivity contribution is 0.340. The third-order valence-corrected chi connectivity index (χ3v) is 7.87. The molecule has 190 valence electrons. The molecule has 5 aromatic rings. The average molecular weight is 527 g/mol. The molecule has 0 saturated heterocycles. The van der Waals surface area contributed by atoms with E-state index in [9.17, 15) is 5.26 Å². The van der Waals surface area contributed by atoms with E-state index in [0.717, 1.165) is 49.7 Å². The molecule has 4 aromatic carbocycles. The minimum atomic E-state index is -0.130. The molecule has 6 rings (SSSR count). The number of hydrogen-bond donors (Lipinski definition) is 0. The maximum absolute atomic E-state index is 10.3. The van der Waals surface area contributed by atoms with E-state index >= 15 is 0 Å². The molecule has 0 amide bonds. The van der Waals surface area contributed by atoms with Gasteiger partial charge in [-0.1, -0.05) is 60.2 Å². The first-order chi connectivity index (χ1) is 19.1. The van der Waals surface area contributed by atoms with Gasteiger partial charge in [0.25, 0.3) is 0 Å². The Hall–Kier alpha value is -4.66. The first-order valence-electron chi connectivity index (χ1n) is 12.9. The van der Waals surface area contributed by atoms with E-state index in [-0.39, 0.29) is 5.92 Å². The van der Waals surface area contributed by atoms with Crippen molar-refractivity contribution in [3.8, 4) is 17.6 Å². The van der Waals surface area contributed by atoms with Crippen LogP contribution in [0.5, 0.6) is 11.5 Å². The highest BCUT2D eigenvalue weighted by molar-refractivity contribution is 7.19. The molecule has 5 heteroatoms. The zero-order valence-electron chi connectivity index (χ0n) is 21.7. The molecule has 0 bridgehead atoms. The van der Waals surface area contributed by atoms with Crippen LogP contribution in [0.3, 0.4) is 0 Å². The van der Waals surface area contributed by atoms with E-state index < -0.39 is 0 Å². The molecule has 1 atom stereocenters. The summed E-state index contributed by atoms with van der Waals surface area (Å²) >= 11 is 1.53. The summed E-state index contributed by atoms with van der Waals surface area (Å²) in [5.41, 5.74) is 6.61. The van der Waals surface area contributed by atoms with Crippen LogP contribution in [0, 0.1) is 18.3 Å². The van der Waals surface area contributed by atoms with Crippen molar-refractivity contribution in [2.24, 2.45) is 0 Å². The van der Waals surface area contributed by atoms with E-state index in [1.807, 2.05) is 79.7 Å². The minimum absolute atomic E-state index is 0.130. The number of rotatable bonds is 6. The highest BCUT2D eigenvalue weighted by Gasteiger charge is 2.31. The quantitative estimate of drug-likeness (QED) is 0.208. The fourth-order valence-corrected chi connectivity index (χ4v) is 5.86. The van der Waals surface area contributed by atoms with Crippen LogP contribution in [0.4, 0.5) is 0 Å². The van der Waals surface area contributed by atoms with E-state index in [0.29, 0.717) is 17.2 Å². The number of allylic oxidation sites excluding steroid dienone is 3. The molecule has 0 radical (unpaired) electrons. The van der Waals surface area contributed by atoms with Gasteiger partial charge in [0.05, 0.1) is 22.4 Å². The summed E-state index contributed by atoms with van der Waals surface area (Å²) in [6, 6.07) is 35.0. The number of nitrogens with zero attached hydrogens (tertiary/aromatic N) is 2. The molecule has 0 spiro atoms. The maximum atomic E-state index is 10.3. The standard InChI is InChI=1S/C34H26N2O2S/c1-3-37-26-18-16-24(17-19-26)33-28(20-25(21-35)34-36-29-9-5-7-11-31(29)39-34)32(23-14-12-22(2)13-15-23)27-8-4-6-10-30(27)38-33/h4-20,32H,3H2,1-2H3/b25-20+/t32-/m1/s1. The van der Waals surface area contributed by atoms with Crippen LogP contribution in [0.1, 0.15) is 40.1 Å². The molecule has 0 saturated carbocycles. The van der Waals surface area contributed by atoms with Crippen molar-refractivity contribution >= 4 is 32.9 Å². The second-order valence-electron chi connectivity index (χ2n) is 9.38. The van der Waals surface area contributed by atoms with Gasteiger partial charge in [0, 0.05) is 22.6 Å². The van der Waals surface area contributed by atoms with E-state index in [4.69, 9.17) is 14.5 Å². The molecule has 2 heterocycles. The topological polar surface area (TPSA) is 55.1 Å². The Balaban J connectivity index is 1.59. The Labute approximate surface area is 232 Å². The number of aryl methyl sites for hydroxylation is 1. The van der Waals surface area contributed by atoms with Crippen LogP contribution in [0.25, 0.3) is 21.5 Å². The largest absolute Gasteiger partial charge is 0.494 e. The number of benzene rings is 4. The average Bonchev–Trinajstić information content (AvgIpc) is 3.41. The number of para-hydroxylation sites is 2. The fourth-order valence-electron chi connectivity index (χ4n) is 4.93. The van der Waals surface area contributed by atoms with E-state index in [1.165, 1.54) is 16.9 Å². The summed E-state index contributed by atoms with van der Waals surface area (Å²) in [6.07, 6.45) is 1.96. The highest BCUT2D eigenvalue weighted by Crippen LogP contribution is 2.47. The van der Waals surface area contributed by atoms with Crippen LogP contribution >= 0.6 is 11.3 Å². The summed E-state index contributed by atoms with van der Waals surface area (Å²) in [6.45, 7) is 4.66. The molecule has 1 aliphatic rings. The van der Waals surface area contributed by atoms with Crippen molar-refractivity contribution in [1.29, 1.82) is 5.26 Å². The molecular weight excluding hydrogens is 500 g/mol. The molecule has 1 aliphatic heterocycles. The SMILES string of the molecule is CCOc1ccc(C2=C(/C=C(\C#N)c3nc4ccccc4s3)[C@H](c3ccc(C)cc3)c3ccccc3O2)cc1. The van der Waals surface area contributed by atoms with Crippen LogP contribution in [0.15, 0.2) is 109 Å². The normalized spacial score (nSPS) is 15.0. The second kappa shape index (κ2) is 10.6. The van der Waals surface area contributed by atoms with Gasteiger partial charge in [-0.15, -0.1) is 11.3 Å². The van der Waals surface area contributed by atoms with Gasteiger partial charge < -0.3 is 9.47 Å². The number of aromatic nitrogens is 1. The summed E-state index contributed by atoms with van der Waals surface area (Å²) < 4.78 is 13.3. The Morgan fingerprint density at radius 1 is 0.974 bits per heavy atom. The number of fused-ring (bicyclic) bond motifs is 2. The van der Waals surface area contributed by atoms with Crippen molar-refractivity contribution < 1.29 is 9.47 Å². The van der Waals surface area contributed by atoms with Crippen LogP contribution < -0.4 is 9.47 Å². The van der Waals surface area contributed by atoms with Gasteiger partial charge in [0.15, 0.2) is 0 Å². The number of thiazole rings is 1. The van der Waals surface area contributed by atoms with Gasteiger partial charge in [0.1, 0.15) is 28.3 Å². The van der Waals surface area contributed by atoms with Crippen molar-refractivity contribution in [2.75, 3.05) is 6.61 Å². The molecule has 39 heavy (non-hydrogen) atoms. The number of hydrogen-bond acceptors (Lipinski definition) is 5. The highest BCUT2D eigenvalue weighted by atomic mass is 32.1. The van der Waals surface area contributed by atoms with Crippen LogP contribution in [-0.4, -0.2) is 11.6 Å². The zero-order valence-corrected chi connectivity index (χ0v) is 22.5.